The molecule has 0 aliphatic heterocycles. The van der Waals surface area contributed by atoms with Crippen molar-refractivity contribution >= 4 is 33.5 Å². The van der Waals surface area contributed by atoms with E-state index in [-0.39, 0.29) is 5.97 Å². The Hall–Kier alpha value is -0.740. The van der Waals surface area contributed by atoms with E-state index in [0.29, 0.717) is 17.2 Å². The Labute approximate surface area is 120 Å². The number of carbonyl (C=O) groups excluding carboxylic acids is 1. The van der Waals surface area contributed by atoms with Crippen LogP contribution in [0.4, 0.5) is 0 Å². The number of carbonyl (C=O) groups is 1. The molecule has 1 aliphatic rings. The Morgan fingerprint density at radius 3 is 2.72 bits per heavy atom. The van der Waals surface area contributed by atoms with Crippen molar-refractivity contribution in [1.82, 2.24) is 0 Å². The van der Waals surface area contributed by atoms with Crippen molar-refractivity contribution in [3.05, 3.63) is 27.7 Å². The van der Waals surface area contributed by atoms with Crippen LogP contribution in [-0.4, -0.2) is 18.7 Å². The molecule has 0 bridgehead atoms. The van der Waals surface area contributed by atoms with Crippen molar-refractivity contribution in [2.45, 2.75) is 31.3 Å². The van der Waals surface area contributed by atoms with Crippen LogP contribution in [0, 0.1) is 0 Å². The monoisotopic (exact) mass is 332 g/mol. The van der Waals surface area contributed by atoms with Crippen molar-refractivity contribution in [1.29, 1.82) is 0 Å². The molecular formula is C13H14BrClO3. The molecule has 98 valence electrons. The number of hydrogen-bond acceptors (Lipinski definition) is 3. The van der Waals surface area contributed by atoms with E-state index in [9.17, 15) is 4.79 Å². The van der Waals surface area contributed by atoms with E-state index in [1.165, 1.54) is 7.11 Å². The molecule has 0 atom stereocenters. The molecule has 3 nitrogen and oxygen atoms in total. The van der Waals surface area contributed by atoms with Gasteiger partial charge in [-0.25, -0.2) is 0 Å². The molecule has 0 aromatic heterocycles. The summed E-state index contributed by atoms with van der Waals surface area (Å²) in [7, 11) is 1.40. The maximum absolute atomic E-state index is 11.4. The second-order valence-electron chi connectivity index (χ2n) is 4.47. The van der Waals surface area contributed by atoms with Gasteiger partial charge in [0.25, 0.3) is 0 Å². The summed E-state index contributed by atoms with van der Waals surface area (Å²) in [5.74, 6) is 0.475. The summed E-state index contributed by atoms with van der Waals surface area (Å²) in [5, 5.41) is 0.643. The normalized spacial score (nSPS) is 16.8. The molecule has 1 aromatic carbocycles. The molecular weight excluding hydrogens is 319 g/mol. The summed E-state index contributed by atoms with van der Waals surface area (Å²) in [5.41, 5.74) is -0.413. The molecule has 1 saturated carbocycles. The van der Waals surface area contributed by atoms with Gasteiger partial charge in [0.05, 0.1) is 18.0 Å². The number of rotatable bonds is 4. The second-order valence-corrected chi connectivity index (χ2v) is 5.76. The molecule has 2 rings (SSSR count). The molecule has 5 heteroatoms. The maximum atomic E-state index is 11.4. The number of esters is 1. The first kappa shape index (κ1) is 13.7. The van der Waals surface area contributed by atoms with Gasteiger partial charge in [0.15, 0.2) is 0 Å². The lowest BCUT2D eigenvalue weighted by molar-refractivity contribution is -0.148. The average molecular weight is 334 g/mol. The van der Waals surface area contributed by atoms with Crippen LogP contribution >= 0.6 is 27.5 Å². The zero-order valence-electron chi connectivity index (χ0n) is 10.0. The van der Waals surface area contributed by atoms with Crippen molar-refractivity contribution in [2.75, 3.05) is 7.11 Å². The zero-order chi connectivity index (χ0) is 13.2. The first-order chi connectivity index (χ1) is 8.54. The Morgan fingerprint density at radius 2 is 2.22 bits per heavy atom. The van der Waals surface area contributed by atoms with Crippen LogP contribution in [0.3, 0.4) is 0 Å². The highest BCUT2D eigenvalue weighted by Crippen LogP contribution is 2.42. The van der Waals surface area contributed by atoms with Crippen molar-refractivity contribution in [3.8, 4) is 5.75 Å². The molecule has 1 fully saturated rings. The topological polar surface area (TPSA) is 35.5 Å². The van der Waals surface area contributed by atoms with Crippen molar-refractivity contribution in [3.63, 3.8) is 0 Å². The lowest BCUT2D eigenvalue weighted by Gasteiger charge is -2.41. The van der Waals surface area contributed by atoms with Gasteiger partial charge in [0.2, 0.25) is 0 Å². The Bertz CT molecular complexity index is 458. The molecule has 0 radical (unpaired) electrons. The van der Waals surface area contributed by atoms with Gasteiger partial charge < -0.3 is 9.47 Å². The molecule has 1 aromatic rings. The third-order valence-corrected chi connectivity index (χ3v) is 4.03. The first-order valence-corrected chi connectivity index (χ1v) is 6.93. The zero-order valence-corrected chi connectivity index (χ0v) is 12.4. The number of ether oxygens (including phenoxy) is 2. The second kappa shape index (κ2) is 5.49. The summed E-state index contributed by atoms with van der Waals surface area (Å²) >= 11 is 9.29. The van der Waals surface area contributed by atoms with E-state index < -0.39 is 5.60 Å². The van der Waals surface area contributed by atoms with Crippen LogP contribution in [0.25, 0.3) is 0 Å². The molecule has 1 aliphatic carbocycles. The van der Waals surface area contributed by atoms with E-state index in [0.717, 1.165) is 23.7 Å². The van der Waals surface area contributed by atoms with Gasteiger partial charge in [0, 0.05) is 5.02 Å². The van der Waals surface area contributed by atoms with Crippen LogP contribution in [0.1, 0.15) is 25.7 Å². The van der Waals surface area contributed by atoms with Crippen molar-refractivity contribution < 1.29 is 14.3 Å². The number of methoxy groups -OCH3 is 1. The highest BCUT2D eigenvalue weighted by atomic mass is 79.9. The molecule has 0 heterocycles. The molecule has 0 spiro atoms. The van der Waals surface area contributed by atoms with Gasteiger partial charge in [-0.15, -0.1) is 0 Å². The molecule has 0 saturated heterocycles. The molecule has 18 heavy (non-hydrogen) atoms. The van der Waals surface area contributed by atoms with Crippen LogP contribution in [-0.2, 0) is 9.53 Å². The van der Waals surface area contributed by atoms with Gasteiger partial charge in [-0.2, -0.15) is 0 Å². The van der Waals surface area contributed by atoms with Crippen LogP contribution in [0.5, 0.6) is 5.75 Å². The first-order valence-electron chi connectivity index (χ1n) is 5.75. The minimum atomic E-state index is -0.413. The van der Waals surface area contributed by atoms with Crippen LogP contribution in [0.2, 0.25) is 5.02 Å². The maximum Gasteiger partial charge on any atom is 0.309 e. The third kappa shape index (κ3) is 2.98. The minimum absolute atomic E-state index is 0.236. The van der Waals surface area contributed by atoms with E-state index >= 15 is 0 Å². The Morgan fingerprint density at radius 1 is 1.50 bits per heavy atom. The molecule has 0 unspecified atom stereocenters. The van der Waals surface area contributed by atoms with Gasteiger partial charge >= 0.3 is 5.97 Å². The van der Waals surface area contributed by atoms with Crippen LogP contribution in [0.15, 0.2) is 22.7 Å². The van der Waals surface area contributed by atoms with E-state index in [1.54, 1.807) is 12.1 Å². The Balaban J connectivity index is 2.12. The van der Waals surface area contributed by atoms with E-state index in [2.05, 4.69) is 15.9 Å². The predicted molar refractivity (Wildman–Crippen MR) is 73.0 cm³/mol. The third-order valence-electron chi connectivity index (χ3n) is 3.18. The SMILES string of the molecule is COC(=O)CC1(Oc2ccc(Cl)cc2Br)CCC1. The fourth-order valence-electron chi connectivity index (χ4n) is 2.01. The summed E-state index contributed by atoms with van der Waals surface area (Å²) in [4.78, 5) is 11.4. The minimum Gasteiger partial charge on any atom is -0.485 e. The quantitative estimate of drug-likeness (QED) is 0.782. The van der Waals surface area contributed by atoms with Gasteiger partial charge in [-0.1, -0.05) is 11.6 Å². The summed E-state index contributed by atoms with van der Waals surface area (Å²) in [6.07, 6.45) is 3.11. The largest absolute Gasteiger partial charge is 0.485 e. The average Bonchev–Trinajstić information content (AvgIpc) is 2.29. The number of benzene rings is 1. The van der Waals surface area contributed by atoms with Gasteiger partial charge in [-0.3, -0.25) is 4.79 Å². The van der Waals surface area contributed by atoms with Gasteiger partial charge in [-0.05, 0) is 53.4 Å². The highest BCUT2D eigenvalue weighted by Gasteiger charge is 2.42. The number of hydrogen-bond donors (Lipinski definition) is 0. The lowest BCUT2D eigenvalue weighted by atomic mass is 9.77. The highest BCUT2D eigenvalue weighted by molar-refractivity contribution is 9.10. The summed E-state index contributed by atoms with van der Waals surface area (Å²) in [6, 6.07) is 5.36. The van der Waals surface area contributed by atoms with Crippen molar-refractivity contribution in [2.24, 2.45) is 0 Å². The Kier molecular flexibility index (Phi) is 4.17. The number of halogens is 2. The fraction of sp³-hybridized carbons (Fsp3) is 0.462. The van der Waals surface area contributed by atoms with E-state index in [4.69, 9.17) is 21.1 Å². The standard InChI is InChI=1S/C13H14BrClO3/c1-17-12(16)8-13(5-2-6-13)18-11-4-3-9(15)7-10(11)14/h3-4,7H,2,5-6,8H2,1H3. The smallest absolute Gasteiger partial charge is 0.309 e. The lowest BCUT2D eigenvalue weighted by Crippen LogP contribution is -2.45. The fourth-order valence-corrected chi connectivity index (χ4v) is 2.78. The molecule has 0 amide bonds. The van der Waals surface area contributed by atoms with Gasteiger partial charge in [0.1, 0.15) is 11.4 Å². The van der Waals surface area contributed by atoms with Crippen LogP contribution < -0.4 is 4.74 Å². The molecule has 0 N–H and O–H groups in total. The predicted octanol–water partition coefficient (Wildman–Crippen LogP) is 3.97. The summed E-state index contributed by atoms with van der Waals surface area (Å²) in [6.45, 7) is 0. The summed E-state index contributed by atoms with van der Waals surface area (Å²) < 4.78 is 11.5. The van der Waals surface area contributed by atoms with E-state index in [1.807, 2.05) is 6.07 Å².